The van der Waals surface area contributed by atoms with E-state index in [1.807, 2.05) is 18.2 Å². The summed E-state index contributed by atoms with van der Waals surface area (Å²) >= 11 is 0. The molecular formula is C24H28N4O2. The van der Waals surface area contributed by atoms with E-state index < -0.39 is 5.92 Å². The summed E-state index contributed by atoms with van der Waals surface area (Å²) in [6, 6.07) is 12.5. The molecule has 2 aromatic rings. The number of imide groups is 1. The molecule has 0 saturated carbocycles. The van der Waals surface area contributed by atoms with E-state index in [-0.39, 0.29) is 11.8 Å². The van der Waals surface area contributed by atoms with E-state index >= 15 is 0 Å². The fourth-order valence-electron chi connectivity index (χ4n) is 4.15. The van der Waals surface area contributed by atoms with Crippen LogP contribution >= 0.6 is 0 Å². The van der Waals surface area contributed by atoms with E-state index in [4.69, 9.17) is 0 Å². The van der Waals surface area contributed by atoms with Crippen molar-refractivity contribution >= 4 is 23.8 Å². The Morgan fingerprint density at radius 1 is 1.10 bits per heavy atom. The molecule has 1 unspecified atom stereocenters. The summed E-state index contributed by atoms with van der Waals surface area (Å²) in [6.45, 7) is 6.37. The van der Waals surface area contributed by atoms with Crippen LogP contribution in [-0.2, 0) is 4.79 Å². The molecule has 2 aliphatic heterocycles. The van der Waals surface area contributed by atoms with Crippen molar-refractivity contribution in [1.29, 1.82) is 0 Å². The highest BCUT2D eigenvalue weighted by Crippen LogP contribution is 2.31. The number of nitrogens with zero attached hydrogens (tertiary/aromatic N) is 4. The van der Waals surface area contributed by atoms with Gasteiger partial charge in [-0.1, -0.05) is 31.2 Å². The molecule has 1 fully saturated rings. The van der Waals surface area contributed by atoms with Crippen molar-refractivity contribution in [3.05, 3.63) is 59.8 Å². The van der Waals surface area contributed by atoms with Gasteiger partial charge in [0.2, 0.25) is 5.91 Å². The molecule has 1 aromatic heterocycles. The van der Waals surface area contributed by atoms with Crippen molar-refractivity contribution in [2.75, 3.05) is 31.1 Å². The summed E-state index contributed by atoms with van der Waals surface area (Å²) in [4.78, 5) is 38.6. The lowest BCUT2D eigenvalue weighted by atomic mass is 9.89. The van der Waals surface area contributed by atoms with Crippen molar-refractivity contribution in [1.82, 2.24) is 9.88 Å². The first kappa shape index (κ1) is 20.4. The first-order chi connectivity index (χ1) is 14.6. The Morgan fingerprint density at radius 3 is 2.63 bits per heavy atom. The number of rotatable bonds is 6. The van der Waals surface area contributed by atoms with Gasteiger partial charge in [-0.2, -0.15) is 0 Å². The molecule has 2 aliphatic rings. The average Bonchev–Trinajstić information content (AvgIpc) is 2.78. The van der Waals surface area contributed by atoms with Gasteiger partial charge in [-0.3, -0.25) is 14.6 Å². The number of anilines is 1. The summed E-state index contributed by atoms with van der Waals surface area (Å²) in [5.41, 5.74) is 1.25. The Kier molecular flexibility index (Phi) is 6.33. The zero-order valence-electron chi connectivity index (χ0n) is 17.4. The first-order valence-corrected chi connectivity index (χ1v) is 10.8. The van der Waals surface area contributed by atoms with Crippen LogP contribution in [0.5, 0.6) is 0 Å². The predicted molar refractivity (Wildman–Crippen MR) is 118 cm³/mol. The average molecular weight is 405 g/mol. The molecule has 1 atom stereocenters. The first-order valence-electron chi connectivity index (χ1n) is 10.8. The maximum atomic E-state index is 13.2. The lowest BCUT2D eigenvalue weighted by molar-refractivity contribution is -0.118. The molecular weight excluding hydrogens is 376 g/mol. The number of aromatic nitrogens is 1. The van der Waals surface area contributed by atoms with Gasteiger partial charge in [0.15, 0.2) is 0 Å². The number of carbonyl (C=O) groups is 2. The molecule has 0 radical (unpaired) electrons. The Bertz CT molecular complexity index is 920. The number of benzene rings is 1. The van der Waals surface area contributed by atoms with E-state index in [0.29, 0.717) is 23.5 Å². The van der Waals surface area contributed by atoms with Crippen LogP contribution in [0, 0.1) is 5.92 Å². The van der Waals surface area contributed by atoms with Crippen LogP contribution in [0.1, 0.15) is 48.0 Å². The fraction of sp³-hybridized carbons (Fsp3) is 0.417. The normalized spacial score (nSPS) is 20.7. The number of fused-ring (bicyclic) bond motifs is 1. The van der Waals surface area contributed by atoms with E-state index in [2.05, 4.69) is 21.8 Å². The molecule has 156 valence electrons. The van der Waals surface area contributed by atoms with Gasteiger partial charge >= 0.3 is 0 Å². The third-order valence-electron chi connectivity index (χ3n) is 5.99. The van der Waals surface area contributed by atoms with E-state index in [1.165, 1.54) is 30.8 Å². The van der Waals surface area contributed by atoms with Crippen LogP contribution in [-0.4, -0.2) is 54.1 Å². The number of pyridine rings is 1. The van der Waals surface area contributed by atoms with Crippen molar-refractivity contribution in [2.24, 2.45) is 10.9 Å². The van der Waals surface area contributed by atoms with Gasteiger partial charge in [0, 0.05) is 24.5 Å². The van der Waals surface area contributed by atoms with Crippen molar-refractivity contribution < 1.29 is 9.59 Å². The van der Waals surface area contributed by atoms with Crippen LogP contribution < -0.4 is 4.90 Å². The highest BCUT2D eigenvalue weighted by molar-refractivity contribution is 6.28. The zero-order valence-corrected chi connectivity index (χ0v) is 17.4. The molecule has 0 N–H and O–H groups in total. The molecule has 6 heteroatoms. The highest BCUT2D eigenvalue weighted by Gasteiger charge is 2.39. The quantitative estimate of drug-likeness (QED) is 0.420. The van der Waals surface area contributed by atoms with Crippen molar-refractivity contribution in [3.8, 4) is 0 Å². The highest BCUT2D eigenvalue weighted by atomic mass is 16.2. The second kappa shape index (κ2) is 9.30. The third-order valence-corrected chi connectivity index (χ3v) is 5.99. The number of hydrogen-bond acceptors (Lipinski definition) is 5. The molecule has 2 amide bonds. The van der Waals surface area contributed by atoms with Crippen LogP contribution in [0.2, 0.25) is 0 Å². The van der Waals surface area contributed by atoms with E-state index in [0.717, 1.165) is 18.9 Å². The summed E-state index contributed by atoms with van der Waals surface area (Å²) < 4.78 is 0. The maximum absolute atomic E-state index is 13.2. The van der Waals surface area contributed by atoms with Gasteiger partial charge in [0.25, 0.3) is 5.91 Å². The molecule has 1 aromatic carbocycles. The van der Waals surface area contributed by atoms with Crippen molar-refractivity contribution in [3.63, 3.8) is 0 Å². The fourth-order valence-corrected chi connectivity index (χ4v) is 4.15. The topological polar surface area (TPSA) is 65.9 Å². The Balaban J connectivity index is 1.46. The second-order valence-corrected chi connectivity index (χ2v) is 8.16. The Morgan fingerprint density at radius 2 is 1.87 bits per heavy atom. The van der Waals surface area contributed by atoms with E-state index in [1.54, 1.807) is 36.7 Å². The largest absolute Gasteiger partial charge is 0.303 e. The van der Waals surface area contributed by atoms with E-state index in [9.17, 15) is 9.59 Å². The Hall–Kier alpha value is -2.86. The minimum absolute atomic E-state index is 0.300. The molecule has 3 heterocycles. The monoisotopic (exact) mass is 404 g/mol. The number of likely N-dealkylation sites (tertiary alicyclic amines) is 1. The molecule has 6 nitrogen and oxygen atoms in total. The van der Waals surface area contributed by atoms with Crippen LogP contribution in [0.15, 0.2) is 53.7 Å². The summed E-state index contributed by atoms with van der Waals surface area (Å²) in [6.07, 6.45) is 6.81. The van der Waals surface area contributed by atoms with Gasteiger partial charge in [0.05, 0.1) is 5.92 Å². The van der Waals surface area contributed by atoms with Gasteiger partial charge in [-0.05, 0) is 68.6 Å². The van der Waals surface area contributed by atoms with Crippen LogP contribution in [0.3, 0.4) is 0 Å². The molecule has 0 spiro atoms. The zero-order chi connectivity index (χ0) is 20.9. The molecule has 4 rings (SSSR count). The van der Waals surface area contributed by atoms with Crippen LogP contribution in [0.25, 0.3) is 0 Å². The summed E-state index contributed by atoms with van der Waals surface area (Å²) in [5.74, 6) is -0.0256. The van der Waals surface area contributed by atoms with Crippen LogP contribution in [0.4, 0.5) is 5.82 Å². The molecule has 30 heavy (non-hydrogen) atoms. The van der Waals surface area contributed by atoms with Gasteiger partial charge in [-0.25, -0.2) is 9.88 Å². The van der Waals surface area contributed by atoms with Gasteiger partial charge in [-0.15, -0.1) is 0 Å². The van der Waals surface area contributed by atoms with Gasteiger partial charge < -0.3 is 4.90 Å². The van der Waals surface area contributed by atoms with Crippen molar-refractivity contribution in [2.45, 2.75) is 32.1 Å². The SMILES string of the molecule is CC1CCN(CCCN=CC2C(=O)N(c3ccccn3)C(=O)c3ccccc32)CC1. The molecule has 0 aliphatic carbocycles. The smallest absolute Gasteiger partial charge is 0.266 e. The van der Waals surface area contributed by atoms with Gasteiger partial charge in [0.1, 0.15) is 5.82 Å². The standard InChI is InChI=1S/C24H28N4O2/c1-18-10-15-27(16-11-18)14-6-12-25-17-21-19-7-2-3-8-20(19)23(29)28(24(21)30)22-9-4-5-13-26-22/h2-5,7-9,13,17-18,21H,6,10-12,14-16H2,1H3. The number of piperidine rings is 1. The number of hydrogen-bond donors (Lipinski definition) is 0. The summed E-state index contributed by atoms with van der Waals surface area (Å²) in [5, 5.41) is 0. The number of amides is 2. The minimum Gasteiger partial charge on any atom is -0.303 e. The molecule has 0 bridgehead atoms. The summed E-state index contributed by atoms with van der Waals surface area (Å²) in [7, 11) is 0. The lowest BCUT2D eigenvalue weighted by Crippen LogP contribution is -2.46. The Labute approximate surface area is 177 Å². The minimum atomic E-state index is -0.572. The lowest BCUT2D eigenvalue weighted by Gasteiger charge is -2.30. The second-order valence-electron chi connectivity index (χ2n) is 8.16. The third kappa shape index (κ3) is 4.33. The maximum Gasteiger partial charge on any atom is 0.266 e. The molecule has 1 saturated heterocycles. The number of aliphatic imine (C=N–C) groups is 1. The number of carbonyl (C=O) groups excluding carboxylic acids is 2. The predicted octanol–water partition coefficient (Wildman–Crippen LogP) is 3.55.